The molecular formula is C12H20N2O3. The summed E-state index contributed by atoms with van der Waals surface area (Å²) >= 11 is 0. The van der Waals surface area contributed by atoms with E-state index in [2.05, 4.69) is 0 Å². The molecule has 2 amide bonds. The third kappa shape index (κ3) is 2.54. The lowest BCUT2D eigenvalue weighted by Gasteiger charge is -2.31. The monoisotopic (exact) mass is 240 g/mol. The molecule has 0 spiro atoms. The molecule has 1 rings (SSSR count). The Hall–Kier alpha value is -1.23. The van der Waals surface area contributed by atoms with Crippen molar-refractivity contribution < 1.29 is 14.4 Å². The fraction of sp³-hybridized carbons (Fsp3) is 0.750. The molecule has 0 aromatic rings. The van der Waals surface area contributed by atoms with Gasteiger partial charge in [0.05, 0.1) is 0 Å². The van der Waals surface area contributed by atoms with Crippen LogP contribution < -0.4 is 5.73 Å². The number of carbonyl (C=O) groups is 3. The van der Waals surface area contributed by atoms with Gasteiger partial charge in [-0.3, -0.25) is 19.3 Å². The van der Waals surface area contributed by atoms with Gasteiger partial charge in [-0.2, -0.15) is 0 Å². The van der Waals surface area contributed by atoms with Crippen LogP contribution in [0.5, 0.6) is 0 Å². The first-order valence-electron chi connectivity index (χ1n) is 5.94. The number of nitrogens with zero attached hydrogens (tertiary/aromatic N) is 1. The van der Waals surface area contributed by atoms with Gasteiger partial charge in [0.15, 0.2) is 5.78 Å². The van der Waals surface area contributed by atoms with E-state index in [0.29, 0.717) is 6.42 Å². The highest BCUT2D eigenvalue weighted by Crippen LogP contribution is 2.26. The SMILES string of the molecule is CCC(C)(C)C(=O)C(CN)N1C(=O)CCC1=O. The van der Waals surface area contributed by atoms with Crippen LogP contribution in [0.15, 0.2) is 0 Å². The molecule has 0 radical (unpaired) electrons. The lowest BCUT2D eigenvalue weighted by atomic mass is 9.81. The maximum absolute atomic E-state index is 12.3. The highest BCUT2D eigenvalue weighted by Gasteiger charge is 2.42. The molecule has 1 atom stereocenters. The van der Waals surface area contributed by atoms with Crippen LogP contribution in [0.2, 0.25) is 0 Å². The maximum atomic E-state index is 12.3. The third-order valence-electron chi connectivity index (χ3n) is 3.48. The van der Waals surface area contributed by atoms with Crippen molar-refractivity contribution in [1.82, 2.24) is 4.90 Å². The zero-order chi connectivity index (χ0) is 13.2. The predicted octanol–water partition coefficient (Wildman–Crippen LogP) is 0.468. The van der Waals surface area contributed by atoms with Crippen LogP contribution in [0.4, 0.5) is 0 Å². The molecule has 1 aliphatic heterocycles. The predicted molar refractivity (Wildman–Crippen MR) is 63.0 cm³/mol. The second-order valence-electron chi connectivity index (χ2n) is 5.01. The Kier molecular flexibility index (Phi) is 4.03. The van der Waals surface area contributed by atoms with Crippen molar-refractivity contribution in [2.24, 2.45) is 11.1 Å². The number of rotatable bonds is 5. The van der Waals surface area contributed by atoms with Crippen molar-refractivity contribution in [3.05, 3.63) is 0 Å². The van der Waals surface area contributed by atoms with E-state index in [9.17, 15) is 14.4 Å². The van der Waals surface area contributed by atoms with Crippen LogP contribution in [0.1, 0.15) is 40.0 Å². The molecule has 0 saturated carbocycles. The average Bonchev–Trinajstić information content (AvgIpc) is 2.61. The second kappa shape index (κ2) is 4.96. The summed E-state index contributed by atoms with van der Waals surface area (Å²) in [5.74, 6) is -0.706. The molecule has 0 aromatic heterocycles. The first-order chi connectivity index (χ1) is 7.85. The summed E-state index contributed by atoms with van der Waals surface area (Å²) < 4.78 is 0. The van der Waals surface area contributed by atoms with Gasteiger partial charge < -0.3 is 5.73 Å². The number of hydrogen-bond acceptors (Lipinski definition) is 4. The summed E-state index contributed by atoms with van der Waals surface area (Å²) in [5.41, 5.74) is 5.00. The van der Waals surface area contributed by atoms with Gasteiger partial charge in [-0.05, 0) is 6.42 Å². The summed E-state index contributed by atoms with van der Waals surface area (Å²) in [6, 6.07) is -0.799. The van der Waals surface area contributed by atoms with Crippen molar-refractivity contribution >= 4 is 17.6 Å². The molecule has 1 saturated heterocycles. The second-order valence-corrected chi connectivity index (χ2v) is 5.01. The third-order valence-corrected chi connectivity index (χ3v) is 3.48. The van der Waals surface area contributed by atoms with Gasteiger partial charge >= 0.3 is 0 Å². The highest BCUT2D eigenvalue weighted by molar-refractivity contribution is 6.06. The quantitative estimate of drug-likeness (QED) is 0.708. The van der Waals surface area contributed by atoms with Crippen LogP contribution in [-0.2, 0) is 14.4 Å². The molecule has 1 unspecified atom stereocenters. The molecule has 0 bridgehead atoms. The van der Waals surface area contributed by atoms with Gasteiger partial charge in [-0.25, -0.2) is 0 Å². The summed E-state index contributed by atoms with van der Waals surface area (Å²) in [7, 11) is 0. The van der Waals surface area contributed by atoms with Crippen molar-refractivity contribution in [3.8, 4) is 0 Å². The number of Topliss-reactive ketones (excluding diaryl/α,β-unsaturated/α-hetero) is 1. The molecule has 2 N–H and O–H groups in total. The minimum Gasteiger partial charge on any atom is -0.328 e. The minimum atomic E-state index is -0.799. The van der Waals surface area contributed by atoms with Crippen molar-refractivity contribution in [2.45, 2.75) is 46.1 Å². The van der Waals surface area contributed by atoms with Crippen molar-refractivity contribution in [1.29, 1.82) is 0 Å². The van der Waals surface area contributed by atoms with E-state index in [1.165, 1.54) is 0 Å². The Labute approximate surface area is 101 Å². The molecule has 1 heterocycles. The van der Waals surface area contributed by atoms with E-state index < -0.39 is 11.5 Å². The standard InChI is InChI=1S/C12H20N2O3/c1-4-12(2,3)11(17)8(7-13)14-9(15)5-6-10(14)16/h8H,4-7,13H2,1-3H3. The van der Waals surface area contributed by atoms with Gasteiger partial charge in [0.1, 0.15) is 6.04 Å². The van der Waals surface area contributed by atoms with E-state index >= 15 is 0 Å². The van der Waals surface area contributed by atoms with Gasteiger partial charge in [0.25, 0.3) is 0 Å². The molecule has 1 aliphatic rings. The van der Waals surface area contributed by atoms with Crippen molar-refractivity contribution in [3.63, 3.8) is 0 Å². The van der Waals surface area contributed by atoms with E-state index in [1.54, 1.807) is 0 Å². The molecule has 96 valence electrons. The fourth-order valence-corrected chi connectivity index (χ4v) is 1.90. The topological polar surface area (TPSA) is 80.5 Å². The lowest BCUT2D eigenvalue weighted by molar-refractivity contribution is -0.148. The number of nitrogens with two attached hydrogens (primary N) is 1. The molecule has 0 aromatic carbocycles. The molecule has 17 heavy (non-hydrogen) atoms. The molecule has 5 heteroatoms. The van der Waals surface area contributed by atoms with Crippen LogP contribution in [0.3, 0.4) is 0 Å². The molecule has 1 fully saturated rings. The van der Waals surface area contributed by atoms with E-state index in [1.807, 2.05) is 20.8 Å². The number of hydrogen-bond donors (Lipinski definition) is 1. The Morgan fingerprint density at radius 1 is 1.35 bits per heavy atom. The Morgan fingerprint density at radius 2 is 1.82 bits per heavy atom. The summed E-state index contributed by atoms with van der Waals surface area (Å²) in [6.07, 6.45) is 1.03. The first-order valence-corrected chi connectivity index (χ1v) is 5.94. The van der Waals surface area contributed by atoms with Gasteiger partial charge in [0, 0.05) is 24.8 Å². The van der Waals surface area contributed by atoms with Crippen molar-refractivity contribution in [2.75, 3.05) is 6.54 Å². The van der Waals surface area contributed by atoms with Crippen LogP contribution in [0.25, 0.3) is 0 Å². The normalized spacial score (nSPS) is 18.7. The Morgan fingerprint density at radius 3 is 2.18 bits per heavy atom. The summed E-state index contributed by atoms with van der Waals surface area (Å²) in [4.78, 5) is 36.5. The number of imide groups is 1. The van der Waals surface area contributed by atoms with Crippen LogP contribution >= 0.6 is 0 Å². The zero-order valence-corrected chi connectivity index (χ0v) is 10.7. The van der Waals surface area contributed by atoms with E-state index in [4.69, 9.17) is 5.73 Å². The summed E-state index contributed by atoms with van der Waals surface area (Å²) in [6.45, 7) is 5.52. The lowest BCUT2D eigenvalue weighted by Crippen LogP contribution is -2.52. The van der Waals surface area contributed by atoms with E-state index in [0.717, 1.165) is 4.90 Å². The largest absolute Gasteiger partial charge is 0.328 e. The van der Waals surface area contributed by atoms with Gasteiger partial charge in [-0.1, -0.05) is 20.8 Å². The number of amides is 2. The van der Waals surface area contributed by atoms with E-state index in [-0.39, 0.29) is 37.0 Å². The smallest absolute Gasteiger partial charge is 0.230 e. The summed E-state index contributed by atoms with van der Waals surface area (Å²) in [5, 5.41) is 0. The van der Waals surface area contributed by atoms with Gasteiger partial charge in [0.2, 0.25) is 11.8 Å². The average molecular weight is 240 g/mol. The zero-order valence-electron chi connectivity index (χ0n) is 10.7. The molecule has 0 aliphatic carbocycles. The minimum absolute atomic E-state index is 0.000255. The first kappa shape index (κ1) is 13.8. The van der Waals surface area contributed by atoms with Gasteiger partial charge in [-0.15, -0.1) is 0 Å². The van der Waals surface area contributed by atoms with Crippen LogP contribution in [-0.4, -0.2) is 35.1 Å². The molecule has 5 nitrogen and oxygen atoms in total. The number of likely N-dealkylation sites (tertiary alicyclic amines) is 1. The highest BCUT2D eigenvalue weighted by atomic mass is 16.2. The fourth-order valence-electron chi connectivity index (χ4n) is 1.90. The Balaban J connectivity index is 2.96. The number of ketones is 1. The van der Waals surface area contributed by atoms with Crippen LogP contribution in [0, 0.1) is 5.41 Å². The number of carbonyl (C=O) groups excluding carboxylic acids is 3. The maximum Gasteiger partial charge on any atom is 0.230 e. The molecular weight excluding hydrogens is 220 g/mol. The Bertz CT molecular complexity index is 334.